The van der Waals surface area contributed by atoms with Gasteiger partial charge in [-0.15, -0.1) is 0 Å². The monoisotopic (exact) mass is 623 g/mol. The van der Waals surface area contributed by atoms with Crippen molar-refractivity contribution in [1.29, 1.82) is 0 Å². The zero-order valence-corrected chi connectivity index (χ0v) is 26.1. The first-order chi connectivity index (χ1) is 21.2. The van der Waals surface area contributed by atoms with Gasteiger partial charge in [0.25, 0.3) is 0 Å². The van der Waals surface area contributed by atoms with E-state index in [1.165, 1.54) is 20.4 Å². The number of hydrogen-bond donors (Lipinski definition) is 2. The molecule has 0 saturated heterocycles. The van der Waals surface area contributed by atoms with Crippen molar-refractivity contribution in [2.75, 3.05) is 20.7 Å². The van der Waals surface area contributed by atoms with Crippen molar-refractivity contribution in [3.05, 3.63) is 125 Å². The largest absolute Gasteiger partial charge is 0.391 e. The lowest BCUT2D eigenvalue weighted by Gasteiger charge is -2.32. The fourth-order valence-corrected chi connectivity index (χ4v) is 5.69. The van der Waals surface area contributed by atoms with Crippen LogP contribution in [0.2, 0.25) is 0 Å². The van der Waals surface area contributed by atoms with E-state index in [-0.39, 0.29) is 37.6 Å². The van der Waals surface area contributed by atoms with Crippen LogP contribution in [-0.4, -0.2) is 70.9 Å². The zero-order valence-electron chi connectivity index (χ0n) is 25.3. The Hall–Kier alpha value is -3.42. The SMILES string of the molecule is Cc1c([C@@H](O)[C@H](OCc2ccccc2)[C@@H](C[C@@H](O)COCc2ccccc2)OCc2ccccc2)ncn1S(=O)(=O)N(C)C. The molecule has 0 aliphatic heterocycles. The van der Waals surface area contributed by atoms with Crippen LogP contribution in [0.3, 0.4) is 0 Å². The van der Waals surface area contributed by atoms with Gasteiger partial charge in [-0.2, -0.15) is 12.7 Å². The maximum Gasteiger partial charge on any atom is 0.308 e. The molecule has 0 spiro atoms. The predicted octanol–water partition coefficient (Wildman–Crippen LogP) is 4.02. The standard InChI is InChI=1S/C33H41N3O7S/c1-25-31(34-24-36(25)44(39,40)35(2)3)32(38)33(43-22-28-17-11-6-12-18-28)30(42-21-27-15-9-5-10-16-27)19-29(37)23-41-20-26-13-7-4-8-14-26/h4-18,24,29-30,32-33,37-38H,19-23H2,1-3H3/t29-,30-,32-,33-/m1/s1. The highest BCUT2D eigenvalue weighted by Gasteiger charge is 2.36. The number of aliphatic hydroxyl groups excluding tert-OH is 2. The van der Waals surface area contributed by atoms with Gasteiger partial charge in [-0.25, -0.2) is 8.96 Å². The van der Waals surface area contributed by atoms with Crippen LogP contribution in [0, 0.1) is 6.92 Å². The Morgan fingerprint density at radius 3 is 1.82 bits per heavy atom. The molecule has 1 aromatic heterocycles. The van der Waals surface area contributed by atoms with Gasteiger partial charge in [0, 0.05) is 20.5 Å². The molecule has 0 fully saturated rings. The average molecular weight is 624 g/mol. The zero-order chi connectivity index (χ0) is 31.5. The Kier molecular flexibility index (Phi) is 12.2. The number of aromatic nitrogens is 2. The van der Waals surface area contributed by atoms with Gasteiger partial charge in [-0.1, -0.05) is 91.0 Å². The Morgan fingerprint density at radius 2 is 1.30 bits per heavy atom. The lowest BCUT2D eigenvalue weighted by atomic mass is 9.98. The molecule has 10 nitrogen and oxygen atoms in total. The molecule has 0 saturated carbocycles. The summed E-state index contributed by atoms with van der Waals surface area (Å²) >= 11 is 0. The highest BCUT2D eigenvalue weighted by Crippen LogP contribution is 2.29. The summed E-state index contributed by atoms with van der Waals surface area (Å²) < 4.78 is 46.3. The van der Waals surface area contributed by atoms with Crippen molar-refractivity contribution in [2.24, 2.45) is 0 Å². The van der Waals surface area contributed by atoms with Gasteiger partial charge in [-0.05, 0) is 23.6 Å². The number of aliphatic hydroxyl groups is 2. The van der Waals surface area contributed by atoms with Crippen LogP contribution in [0.15, 0.2) is 97.3 Å². The van der Waals surface area contributed by atoms with Gasteiger partial charge in [0.2, 0.25) is 0 Å². The molecule has 44 heavy (non-hydrogen) atoms. The minimum absolute atomic E-state index is 0.0380. The highest BCUT2D eigenvalue weighted by molar-refractivity contribution is 7.87. The molecule has 4 aromatic rings. The third-order valence-corrected chi connectivity index (χ3v) is 8.98. The first kappa shape index (κ1) is 33.5. The molecular formula is C33H41N3O7S. The van der Waals surface area contributed by atoms with Gasteiger partial charge in [0.15, 0.2) is 0 Å². The quantitative estimate of drug-likeness (QED) is 0.181. The Labute approximate surface area is 259 Å². The molecule has 11 heteroatoms. The van der Waals surface area contributed by atoms with E-state index >= 15 is 0 Å². The summed E-state index contributed by atoms with van der Waals surface area (Å²) in [5, 5.41) is 22.8. The number of hydrogen-bond acceptors (Lipinski definition) is 8. The van der Waals surface area contributed by atoms with Gasteiger partial charge in [0.05, 0.1) is 50.0 Å². The van der Waals surface area contributed by atoms with E-state index < -0.39 is 34.6 Å². The lowest BCUT2D eigenvalue weighted by Crippen LogP contribution is -2.40. The Bertz CT molecular complexity index is 1520. The number of benzene rings is 3. The number of nitrogens with zero attached hydrogens (tertiary/aromatic N) is 3. The molecule has 0 radical (unpaired) electrons. The Balaban J connectivity index is 1.60. The van der Waals surface area contributed by atoms with Gasteiger partial charge >= 0.3 is 10.2 Å². The van der Waals surface area contributed by atoms with Crippen LogP contribution in [0.4, 0.5) is 0 Å². The van der Waals surface area contributed by atoms with E-state index in [2.05, 4.69) is 4.98 Å². The van der Waals surface area contributed by atoms with E-state index in [0.717, 1.165) is 25.0 Å². The summed E-state index contributed by atoms with van der Waals surface area (Å²) in [6, 6.07) is 28.7. The molecular weight excluding hydrogens is 582 g/mol. The van der Waals surface area contributed by atoms with E-state index in [4.69, 9.17) is 14.2 Å². The fourth-order valence-electron chi connectivity index (χ4n) is 4.73. The molecule has 0 unspecified atom stereocenters. The second-order valence-electron chi connectivity index (χ2n) is 10.7. The molecule has 1 heterocycles. The normalized spacial score (nSPS) is 14.8. The summed E-state index contributed by atoms with van der Waals surface area (Å²) in [6.07, 6.45) is -2.92. The summed E-state index contributed by atoms with van der Waals surface area (Å²) in [4.78, 5) is 4.29. The molecule has 4 atom stereocenters. The number of imidazole rings is 1. The second-order valence-corrected chi connectivity index (χ2v) is 12.8. The summed E-state index contributed by atoms with van der Waals surface area (Å²) in [5.41, 5.74) is 3.14. The lowest BCUT2D eigenvalue weighted by molar-refractivity contribution is -0.147. The van der Waals surface area contributed by atoms with Gasteiger partial charge in [0.1, 0.15) is 18.5 Å². The number of ether oxygens (including phenoxy) is 3. The average Bonchev–Trinajstić information content (AvgIpc) is 3.43. The fraction of sp³-hybridized carbons (Fsp3) is 0.364. The minimum Gasteiger partial charge on any atom is -0.391 e. The third-order valence-electron chi connectivity index (χ3n) is 7.19. The topological polar surface area (TPSA) is 123 Å². The first-order valence-electron chi connectivity index (χ1n) is 14.4. The van der Waals surface area contributed by atoms with E-state index in [9.17, 15) is 18.6 Å². The van der Waals surface area contributed by atoms with Crippen LogP contribution >= 0.6 is 0 Å². The number of rotatable bonds is 17. The minimum atomic E-state index is -3.87. The maximum absolute atomic E-state index is 12.9. The van der Waals surface area contributed by atoms with Crippen LogP contribution in [0.5, 0.6) is 0 Å². The molecule has 0 aliphatic rings. The van der Waals surface area contributed by atoms with Crippen molar-refractivity contribution in [2.45, 2.75) is 57.6 Å². The molecule has 4 rings (SSSR count). The molecule has 2 N–H and O–H groups in total. The maximum atomic E-state index is 12.9. The molecule has 0 amide bonds. The summed E-state index contributed by atoms with van der Waals surface area (Å²) in [5.74, 6) is 0. The van der Waals surface area contributed by atoms with Crippen LogP contribution in [0.25, 0.3) is 0 Å². The van der Waals surface area contributed by atoms with Crippen LogP contribution in [0.1, 0.15) is 40.6 Å². The van der Waals surface area contributed by atoms with E-state index in [1.807, 2.05) is 91.0 Å². The summed E-state index contributed by atoms with van der Waals surface area (Å²) in [7, 11) is -1.03. The van der Waals surface area contributed by atoms with Gasteiger partial charge in [-0.3, -0.25) is 0 Å². The van der Waals surface area contributed by atoms with Crippen molar-refractivity contribution >= 4 is 10.2 Å². The summed E-state index contributed by atoms with van der Waals surface area (Å²) in [6.45, 7) is 2.29. The first-order valence-corrected chi connectivity index (χ1v) is 15.8. The van der Waals surface area contributed by atoms with Crippen molar-refractivity contribution in [3.63, 3.8) is 0 Å². The molecule has 236 valence electrons. The third kappa shape index (κ3) is 9.05. The van der Waals surface area contributed by atoms with E-state index in [1.54, 1.807) is 6.92 Å². The highest BCUT2D eigenvalue weighted by atomic mass is 32.2. The smallest absolute Gasteiger partial charge is 0.308 e. The Morgan fingerprint density at radius 1 is 0.795 bits per heavy atom. The molecule has 0 aliphatic carbocycles. The molecule has 0 bridgehead atoms. The second kappa shape index (κ2) is 16.1. The van der Waals surface area contributed by atoms with Crippen molar-refractivity contribution in [1.82, 2.24) is 13.3 Å². The molecule has 3 aromatic carbocycles. The van der Waals surface area contributed by atoms with Crippen LogP contribution in [-0.2, 0) is 44.2 Å². The van der Waals surface area contributed by atoms with Gasteiger partial charge < -0.3 is 24.4 Å². The van der Waals surface area contributed by atoms with Crippen molar-refractivity contribution < 1.29 is 32.8 Å². The predicted molar refractivity (Wildman–Crippen MR) is 167 cm³/mol. The van der Waals surface area contributed by atoms with Crippen LogP contribution < -0.4 is 0 Å². The van der Waals surface area contributed by atoms with E-state index in [0.29, 0.717) is 6.61 Å². The van der Waals surface area contributed by atoms with Crippen molar-refractivity contribution in [3.8, 4) is 0 Å².